The van der Waals surface area contributed by atoms with Gasteiger partial charge in [0, 0.05) is 11.8 Å². The molecule has 0 fully saturated rings. The molecule has 0 radical (unpaired) electrons. The van der Waals surface area contributed by atoms with Gasteiger partial charge in [-0.2, -0.15) is 0 Å². The lowest BCUT2D eigenvalue weighted by Gasteiger charge is -2.11. The average Bonchev–Trinajstić information content (AvgIpc) is 2.40. The van der Waals surface area contributed by atoms with E-state index >= 15 is 0 Å². The Labute approximate surface area is 128 Å². The van der Waals surface area contributed by atoms with Crippen LogP contribution < -0.4 is 15.8 Å². The van der Waals surface area contributed by atoms with Gasteiger partial charge in [0.05, 0.1) is 10.2 Å². The fourth-order valence-corrected chi connectivity index (χ4v) is 2.16. The van der Waals surface area contributed by atoms with Gasteiger partial charge in [-0.15, -0.1) is 0 Å². The maximum atomic E-state index is 13.1. The van der Waals surface area contributed by atoms with Gasteiger partial charge in [0.15, 0.2) is 12.4 Å². The van der Waals surface area contributed by atoms with Crippen LogP contribution in [0.5, 0.6) is 5.75 Å². The van der Waals surface area contributed by atoms with Crippen molar-refractivity contribution >= 4 is 33.2 Å². The lowest BCUT2D eigenvalue weighted by molar-refractivity contribution is -0.118. The van der Waals surface area contributed by atoms with Crippen molar-refractivity contribution in [3.63, 3.8) is 0 Å². The molecule has 3 N–H and O–H groups in total. The second-order valence-electron chi connectivity index (χ2n) is 4.15. The van der Waals surface area contributed by atoms with Crippen LogP contribution in [-0.2, 0) is 4.79 Å². The molecule has 0 saturated carbocycles. The van der Waals surface area contributed by atoms with E-state index in [0.29, 0.717) is 10.2 Å². The summed E-state index contributed by atoms with van der Waals surface area (Å²) < 4.78 is 31.3. The number of rotatable bonds is 4. The molecule has 0 heterocycles. The summed E-state index contributed by atoms with van der Waals surface area (Å²) in [5.41, 5.74) is 6.13. The molecule has 21 heavy (non-hydrogen) atoms. The summed E-state index contributed by atoms with van der Waals surface area (Å²) in [6.07, 6.45) is 0. The molecular weight excluding hydrogens is 346 g/mol. The van der Waals surface area contributed by atoms with E-state index in [9.17, 15) is 13.6 Å². The quantitative estimate of drug-likeness (QED) is 0.825. The molecule has 0 aliphatic rings. The predicted molar refractivity (Wildman–Crippen MR) is 79.0 cm³/mol. The molecule has 110 valence electrons. The van der Waals surface area contributed by atoms with Crippen LogP contribution in [0.2, 0.25) is 0 Å². The Morgan fingerprint density at radius 3 is 2.48 bits per heavy atom. The maximum Gasteiger partial charge on any atom is 0.262 e. The fraction of sp³-hybridized carbons (Fsp3) is 0.0714. The summed E-state index contributed by atoms with van der Waals surface area (Å²) >= 11 is 3.10. The highest BCUT2D eigenvalue weighted by Crippen LogP contribution is 2.32. The van der Waals surface area contributed by atoms with Crippen molar-refractivity contribution in [1.82, 2.24) is 0 Å². The zero-order valence-corrected chi connectivity index (χ0v) is 12.3. The molecule has 4 nitrogen and oxygen atoms in total. The number of hydrogen-bond donors (Lipinski definition) is 2. The molecule has 0 aromatic heterocycles. The summed E-state index contributed by atoms with van der Waals surface area (Å²) in [5, 5.41) is 2.53. The number of anilines is 2. The number of ether oxygens (including phenoxy) is 1. The minimum absolute atomic E-state index is 0.0801. The SMILES string of the molecule is Nc1cc(F)cc(Br)c1OCC(=O)Nc1ccc(F)cc1. The van der Waals surface area contributed by atoms with E-state index in [2.05, 4.69) is 21.2 Å². The molecule has 0 saturated heterocycles. The molecule has 2 rings (SSSR count). The fourth-order valence-electron chi connectivity index (χ4n) is 1.60. The van der Waals surface area contributed by atoms with Crippen LogP contribution in [0.25, 0.3) is 0 Å². The molecular formula is C14H11BrF2N2O2. The van der Waals surface area contributed by atoms with Gasteiger partial charge >= 0.3 is 0 Å². The number of hydrogen-bond acceptors (Lipinski definition) is 3. The molecule has 0 spiro atoms. The first-order valence-electron chi connectivity index (χ1n) is 5.88. The zero-order chi connectivity index (χ0) is 15.4. The summed E-state index contributed by atoms with van der Waals surface area (Å²) in [7, 11) is 0. The van der Waals surface area contributed by atoms with E-state index in [-0.39, 0.29) is 18.0 Å². The van der Waals surface area contributed by atoms with E-state index in [1.54, 1.807) is 0 Å². The first-order valence-corrected chi connectivity index (χ1v) is 6.68. The Hall–Kier alpha value is -2.15. The van der Waals surface area contributed by atoms with Gasteiger partial charge in [-0.05, 0) is 46.3 Å². The third kappa shape index (κ3) is 4.16. The van der Waals surface area contributed by atoms with Crippen molar-refractivity contribution in [1.29, 1.82) is 0 Å². The van der Waals surface area contributed by atoms with Crippen molar-refractivity contribution in [3.05, 3.63) is 52.5 Å². The molecule has 0 aliphatic heterocycles. The number of nitrogen functional groups attached to an aromatic ring is 1. The van der Waals surface area contributed by atoms with Gasteiger partial charge in [-0.25, -0.2) is 8.78 Å². The van der Waals surface area contributed by atoms with E-state index in [4.69, 9.17) is 10.5 Å². The largest absolute Gasteiger partial charge is 0.480 e. The first kappa shape index (κ1) is 15.2. The van der Waals surface area contributed by atoms with Gasteiger partial charge in [-0.1, -0.05) is 0 Å². The monoisotopic (exact) mass is 356 g/mol. The number of carbonyl (C=O) groups is 1. The number of nitrogens with one attached hydrogen (secondary N) is 1. The first-order chi connectivity index (χ1) is 9.95. The Morgan fingerprint density at radius 2 is 1.86 bits per heavy atom. The van der Waals surface area contributed by atoms with E-state index in [0.717, 1.165) is 6.07 Å². The van der Waals surface area contributed by atoms with E-state index in [1.165, 1.54) is 30.3 Å². The summed E-state index contributed by atoms with van der Waals surface area (Å²) in [6.45, 7) is -0.314. The predicted octanol–water partition coefficient (Wildman–Crippen LogP) is 3.33. The van der Waals surface area contributed by atoms with E-state index < -0.39 is 17.5 Å². The van der Waals surface area contributed by atoms with Gasteiger partial charge in [0.25, 0.3) is 5.91 Å². The Morgan fingerprint density at radius 1 is 1.19 bits per heavy atom. The molecule has 0 unspecified atom stereocenters. The van der Waals surface area contributed by atoms with Gasteiger partial charge in [0.1, 0.15) is 11.6 Å². The van der Waals surface area contributed by atoms with Crippen LogP contribution in [0.3, 0.4) is 0 Å². The van der Waals surface area contributed by atoms with Crippen LogP contribution >= 0.6 is 15.9 Å². The average molecular weight is 357 g/mol. The van der Waals surface area contributed by atoms with Crippen molar-refractivity contribution < 1.29 is 18.3 Å². The number of halogens is 3. The summed E-state index contributed by atoms with van der Waals surface area (Å²) in [6, 6.07) is 7.59. The Kier molecular flexibility index (Phi) is 4.74. The van der Waals surface area contributed by atoms with Crippen LogP contribution in [0, 0.1) is 11.6 Å². The van der Waals surface area contributed by atoms with Gasteiger partial charge in [0.2, 0.25) is 0 Å². The normalized spacial score (nSPS) is 10.2. The summed E-state index contributed by atoms with van der Waals surface area (Å²) in [4.78, 5) is 11.7. The second kappa shape index (κ2) is 6.53. The minimum Gasteiger partial charge on any atom is -0.480 e. The van der Waals surface area contributed by atoms with Crippen LogP contribution in [0.15, 0.2) is 40.9 Å². The summed E-state index contributed by atoms with van der Waals surface area (Å²) in [5.74, 6) is -1.17. The number of benzene rings is 2. The Balaban J connectivity index is 1.97. The third-order valence-electron chi connectivity index (χ3n) is 2.51. The highest BCUT2D eigenvalue weighted by atomic mass is 79.9. The molecule has 0 atom stereocenters. The van der Waals surface area contributed by atoms with E-state index in [1.807, 2.05) is 0 Å². The van der Waals surface area contributed by atoms with Gasteiger partial charge < -0.3 is 15.8 Å². The number of amides is 1. The lowest BCUT2D eigenvalue weighted by atomic mass is 10.3. The standard InChI is InChI=1S/C14H11BrF2N2O2/c15-11-5-9(17)6-12(18)14(11)21-7-13(20)19-10-3-1-8(16)2-4-10/h1-6H,7,18H2,(H,19,20). The molecule has 2 aromatic rings. The van der Waals surface area contributed by atoms with Crippen molar-refractivity contribution in [2.24, 2.45) is 0 Å². The smallest absolute Gasteiger partial charge is 0.262 e. The highest BCUT2D eigenvalue weighted by molar-refractivity contribution is 9.10. The van der Waals surface area contributed by atoms with Crippen molar-refractivity contribution in [3.8, 4) is 5.75 Å². The third-order valence-corrected chi connectivity index (χ3v) is 3.10. The highest BCUT2D eigenvalue weighted by Gasteiger charge is 2.11. The zero-order valence-electron chi connectivity index (χ0n) is 10.7. The second-order valence-corrected chi connectivity index (χ2v) is 5.00. The lowest BCUT2D eigenvalue weighted by Crippen LogP contribution is -2.20. The molecule has 1 amide bonds. The molecule has 0 aliphatic carbocycles. The molecule has 2 aromatic carbocycles. The van der Waals surface area contributed by atoms with Crippen molar-refractivity contribution in [2.45, 2.75) is 0 Å². The van der Waals surface area contributed by atoms with Crippen LogP contribution in [-0.4, -0.2) is 12.5 Å². The number of carbonyl (C=O) groups excluding carboxylic acids is 1. The van der Waals surface area contributed by atoms with Crippen LogP contribution in [0.1, 0.15) is 0 Å². The topological polar surface area (TPSA) is 64.3 Å². The minimum atomic E-state index is -0.512. The number of nitrogens with two attached hydrogens (primary N) is 1. The molecule has 7 heteroatoms. The van der Waals surface area contributed by atoms with Crippen LogP contribution in [0.4, 0.5) is 20.2 Å². The van der Waals surface area contributed by atoms with Gasteiger partial charge in [-0.3, -0.25) is 4.79 Å². The Bertz CT molecular complexity index is 640. The van der Waals surface area contributed by atoms with Crippen molar-refractivity contribution in [2.75, 3.05) is 17.7 Å². The maximum absolute atomic E-state index is 13.1. The molecule has 0 bridgehead atoms.